The third-order valence-corrected chi connectivity index (χ3v) is 3.08. The fourth-order valence-electron chi connectivity index (χ4n) is 1.47. The summed E-state index contributed by atoms with van der Waals surface area (Å²) >= 11 is 1.54. The zero-order valence-corrected chi connectivity index (χ0v) is 10.2. The van der Waals surface area contributed by atoms with Crippen molar-refractivity contribution in [2.45, 2.75) is 6.54 Å². The van der Waals surface area contributed by atoms with E-state index in [9.17, 15) is 0 Å². The molecule has 0 radical (unpaired) electrons. The molecular weight excluding hydrogens is 220 g/mol. The Morgan fingerprint density at radius 2 is 2.06 bits per heavy atom. The van der Waals surface area contributed by atoms with E-state index in [0.717, 1.165) is 23.6 Å². The van der Waals surface area contributed by atoms with Crippen LogP contribution in [0.3, 0.4) is 0 Å². The van der Waals surface area contributed by atoms with E-state index in [-0.39, 0.29) is 0 Å². The normalized spacial score (nSPS) is 10.4. The minimum atomic E-state index is 0.869. The predicted octanol–water partition coefficient (Wildman–Crippen LogP) is 2.54. The Balaban J connectivity index is 2.21. The molecule has 0 saturated carbocycles. The largest absolute Gasteiger partial charge is 0.497 e. The number of methoxy groups -OCH3 is 1. The molecule has 0 saturated heterocycles. The maximum atomic E-state index is 5.12. The molecule has 2 rings (SSSR count). The first-order valence-corrected chi connectivity index (χ1v) is 5.85. The molecule has 4 heteroatoms. The maximum absolute atomic E-state index is 5.12. The van der Waals surface area contributed by atoms with Gasteiger partial charge in [0, 0.05) is 17.0 Å². The molecule has 0 aliphatic carbocycles. The molecule has 0 unspecified atom stereocenters. The van der Waals surface area contributed by atoms with E-state index in [2.05, 4.69) is 15.8 Å². The van der Waals surface area contributed by atoms with Crippen LogP contribution in [-0.4, -0.2) is 18.5 Å². The summed E-state index contributed by atoms with van der Waals surface area (Å²) in [6.45, 7) is 0.869. The van der Waals surface area contributed by atoms with Crippen molar-refractivity contribution in [1.82, 2.24) is 9.69 Å². The third-order valence-electron chi connectivity index (χ3n) is 2.30. The number of nitrogens with one attached hydrogen (secondary N) is 1. The highest BCUT2D eigenvalue weighted by atomic mass is 32.1. The van der Waals surface area contributed by atoms with E-state index < -0.39 is 0 Å². The van der Waals surface area contributed by atoms with Crippen LogP contribution in [0.5, 0.6) is 5.75 Å². The second kappa shape index (κ2) is 5.09. The Morgan fingerprint density at radius 1 is 1.31 bits per heavy atom. The Morgan fingerprint density at radius 3 is 2.69 bits per heavy atom. The Hall–Kier alpha value is -1.39. The van der Waals surface area contributed by atoms with Crippen molar-refractivity contribution < 1.29 is 4.74 Å². The molecule has 84 valence electrons. The highest BCUT2D eigenvalue weighted by Crippen LogP contribution is 2.23. The van der Waals surface area contributed by atoms with Gasteiger partial charge in [0.25, 0.3) is 0 Å². The summed E-state index contributed by atoms with van der Waals surface area (Å²) < 4.78 is 9.54. The molecule has 1 N–H and O–H groups in total. The van der Waals surface area contributed by atoms with E-state index in [1.165, 1.54) is 16.4 Å². The van der Waals surface area contributed by atoms with E-state index in [4.69, 9.17) is 4.74 Å². The van der Waals surface area contributed by atoms with Gasteiger partial charge in [-0.05, 0) is 48.9 Å². The number of rotatable bonds is 4. The minimum absolute atomic E-state index is 0.869. The van der Waals surface area contributed by atoms with Crippen molar-refractivity contribution in [2.75, 3.05) is 14.2 Å². The summed E-state index contributed by atoms with van der Waals surface area (Å²) in [6.07, 6.45) is 0. The van der Waals surface area contributed by atoms with Crippen LogP contribution in [0.15, 0.2) is 30.3 Å². The van der Waals surface area contributed by atoms with Crippen LogP contribution in [0.25, 0.3) is 11.3 Å². The third kappa shape index (κ3) is 2.40. The van der Waals surface area contributed by atoms with Crippen molar-refractivity contribution in [3.63, 3.8) is 0 Å². The van der Waals surface area contributed by atoms with Gasteiger partial charge in [0.2, 0.25) is 0 Å². The quantitative estimate of drug-likeness (QED) is 0.882. The van der Waals surface area contributed by atoms with Gasteiger partial charge in [0.15, 0.2) is 0 Å². The zero-order chi connectivity index (χ0) is 11.4. The number of aromatic nitrogens is 1. The van der Waals surface area contributed by atoms with E-state index in [1.54, 1.807) is 7.11 Å². The van der Waals surface area contributed by atoms with Crippen LogP contribution in [0.2, 0.25) is 0 Å². The lowest BCUT2D eigenvalue weighted by atomic mass is 10.1. The van der Waals surface area contributed by atoms with E-state index in [1.807, 2.05) is 31.3 Å². The average Bonchev–Trinajstić information content (AvgIpc) is 2.78. The smallest absolute Gasteiger partial charge is 0.118 e. The number of hydrogen-bond donors (Lipinski definition) is 1. The van der Waals surface area contributed by atoms with Crippen molar-refractivity contribution in [1.29, 1.82) is 0 Å². The molecule has 0 aliphatic heterocycles. The molecule has 0 amide bonds. The van der Waals surface area contributed by atoms with Crippen LogP contribution in [0, 0.1) is 0 Å². The highest BCUT2D eigenvalue weighted by Gasteiger charge is 2.03. The number of ether oxygens (including phenoxy) is 1. The first-order valence-electron chi connectivity index (χ1n) is 5.08. The molecule has 0 fully saturated rings. The maximum Gasteiger partial charge on any atom is 0.118 e. The molecule has 0 atom stereocenters. The van der Waals surface area contributed by atoms with Gasteiger partial charge < -0.3 is 10.1 Å². The second-order valence-electron chi connectivity index (χ2n) is 3.44. The van der Waals surface area contributed by atoms with Crippen molar-refractivity contribution in [3.05, 3.63) is 35.2 Å². The lowest BCUT2D eigenvalue weighted by molar-refractivity contribution is 0.415. The monoisotopic (exact) mass is 234 g/mol. The standard InChI is InChI=1S/C12H14N2OS/c1-13-8-11-7-12(14-16-11)9-3-5-10(15-2)6-4-9/h3-7,13H,8H2,1-2H3. The first-order chi connectivity index (χ1) is 7.83. The van der Waals surface area contributed by atoms with Gasteiger partial charge in [-0.3, -0.25) is 0 Å². The molecule has 0 bridgehead atoms. The summed E-state index contributed by atoms with van der Waals surface area (Å²) in [6, 6.07) is 10.1. The van der Waals surface area contributed by atoms with Crippen molar-refractivity contribution in [2.24, 2.45) is 0 Å². The molecule has 3 nitrogen and oxygen atoms in total. The summed E-state index contributed by atoms with van der Waals surface area (Å²) in [5.74, 6) is 0.870. The van der Waals surface area contributed by atoms with Gasteiger partial charge in [0.1, 0.15) is 5.75 Å². The molecule has 2 aromatic rings. The first kappa shape index (κ1) is 11.1. The van der Waals surface area contributed by atoms with Crippen LogP contribution < -0.4 is 10.1 Å². The Labute approximate surface area is 99.2 Å². The fraction of sp³-hybridized carbons (Fsp3) is 0.250. The average molecular weight is 234 g/mol. The van der Waals surface area contributed by atoms with Gasteiger partial charge in [-0.1, -0.05) is 0 Å². The van der Waals surface area contributed by atoms with Crippen molar-refractivity contribution >= 4 is 11.5 Å². The minimum Gasteiger partial charge on any atom is -0.497 e. The molecule has 1 aromatic heterocycles. The summed E-state index contributed by atoms with van der Waals surface area (Å²) in [4.78, 5) is 1.24. The number of benzene rings is 1. The molecule has 0 aliphatic rings. The van der Waals surface area contributed by atoms with Gasteiger partial charge in [-0.2, -0.15) is 4.37 Å². The van der Waals surface area contributed by atoms with Gasteiger partial charge in [0.05, 0.1) is 12.8 Å². The van der Waals surface area contributed by atoms with Crippen LogP contribution in [0.4, 0.5) is 0 Å². The van der Waals surface area contributed by atoms with Gasteiger partial charge in [-0.15, -0.1) is 0 Å². The van der Waals surface area contributed by atoms with Gasteiger partial charge in [-0.25, -0.2) is 0 Å². The Bertz CT molecular complexity index is 450. The van der Waals surface area contributed by atoms with Gasteiger partial charge >= 0.3 is 0 Å². The Kier molecular flexibility index (Phi) is 3.54. The SMILES string of the molecule is CNCc1cc(-c2ccc(OC)cc2)ns1. The lowest BCUT2D eigenvalue weighted by Crippen LogP contribution is -2.02. The number of hydrogen-bond acceptors (Lipinski definition) is 4. The van der Waals surface area contributed by atoms with Crippen LogP contribution in [0.1, 0.15) is 4.88 Å². The van der Waals surface area contributed by atoms with E-state index in [0.29, 0.717) is 0 Å². The number of nitrogens with zero attached hydrogens (tertiary/aromatic N) is 1. The fourth-order valence-corrected chi connectivity index (χ4v) is 2.22. The highest BCUT2D eigenvalue weighted by molar-refractivity contribution is 7.06. The van der Waals surface area contributed by atoms with E-state index >= 15 is 0 Å². The molecule has 16 heavy (non-hydrogen) atoms. The molecule has 0 spiro atoms. The molecule has 1 aromatic carbocycles. The topological polar surface area (TPSA) is 34.1 Å². The zero-order valence-electron chi connectivity index (χ0n) is 9.36. The van der Waals surface area contributed by atoms with Crippen LogP contribution in [-0.2, 0) is 6.54 Å². The second-order valence-corrected chi connectivity index (χ2v) is 4.33. The van der Waals surface area contributed by atoms with Crippen LogP contribution >= 0.6 is 11.5 Å². The molecular formula is C12H14N2OS. The molecule has 1 heterocycles. The summed E-state index contributed by atoms with van der Waals surface area (Å²) in [5, 5.41) is 3.12. The lowest BCUT2D eigenvalue weighted by Gasteiger charge is -2.00. The summed E-state index contributed by atoms with van der Waals surface area (Å²) in [5.41, 5.74) is 2.15. The predicted molar refractivity (Wildman–Crippen MR) is 66.9 cm³/mol. The van der Waals surface area contributed by atoms with Crippen molar-refractivity contribution in [3.8, 4) is 17.0 Å². The summed E-state index contributed by atoms with van der Waals surface area (Å²) in [7, 11) is 3.61.